The molecule has 1 aliphatic heterocycles. The number of hydrogen-bond donors (Lipinski definition) is 1. The Morgan fingerprint density at radius 1 is 1.44 bits per heavy atom. The largest absolute Gasteiger partial charge is 0.398 e. The normalized spacial score (nSPS) is 18.1. The predicted octanol–water partition coefficient (Wildman–Crippen LogP) is 2.67. The molecule has 2 rings (SSSR count). The number of fused-ring (bicyclic) bond motifs is 1. The first-order valence-corrected chi connectivity index (χ1v) is 6.29. The zero-order valence-corrected chi connectivity index (χ0v) is 10.4. The fraction of sp³-hybridized carbons (Fsp3) is 0.571. The third kappa shape index (κ3) is 2.38. The van der Waals surface area contributed by atoms with Crippen molar-refractivity contribution in [1.29, 1.82) is 0 Å². The average molecular weight is 218 g/mol. The fourth-order valence-corrected chi connectivity index (χ4v) is 2.39. The molecular weight excluding hydrogens is 196 g/mol. The van der Waals surface area contributed by atoms with Gasteiger partial charge >= 0.3 is 0 Å². The van der Waals surface area contributed by atoms with Gasteiger partial charge in [0.2, 0.25) is 0 Å². The molecule has 0 saturated carbocycles. The highest BCUT2D eigenvalue weighted by Gasteiger charge is 2.18. The van der Waals surface area contributed by atoms with Crippen molar-refractivity contribution in [1.82, 2.24) is 4.90 Å². The molecule has 16 heavy (non-hydrogen) atoms. The summed E-state index contributed by atoms with van der Waals surface area (Å²) in [6.45, 7) is 8.00. The molecule has 1 aromatic carbocycles. The number of hydrogen-bond acceptors (Lipinski definition) is 2. The van der Waals surface area contributed by atoms with Crippen LogP contribution in [0.25, 0.3) is 0 Å². The number of nitrogen functional groups attached to an aromatic ring is 1. The van der Waals surface area contributed by atoms with Crippen LogP contribution in [-0.2, 0) is 13.0 Å². The molecule has 2 nitrogen and oxygen atoms in total. The average Bonchev–Trinajstić information content (AvgIpc) is 2.30. The Labute approximate surface area is 98.4 Å². The first kappa shape index (κ1) is 11.5. The third-order valence-electron chi connectivity index (χ3n) is 3.66. The molecule has 1 aromatic rings. The maximum absolute atomic E-state index is 6.04. The van der Waals surface area contributed by atoms with Crippen molar-refractivity contribution >= 4 is 5.69 Å². The van der Waals surface area contributed by atoms with Crippen molar-refractivity contribution in [2.24, 2.45) is 5.92 Å². The fourth-order valence-electron chi connectivity index (χ4n) is 2.39. The summed E-state index contributed by atoms with van der Waals surface area (Å²) in [5.74, 6) is 0.784. The van der Waals surface area contributed by atoms with E-state index in [1.165, 1.54) is 30.6 Å². The Bertz CT molecular complexity index is 360. The van der Waals surface area contributed by atoms with E-state index in [4.69, 9.17) is 5.73 Å². The van der Waals surface area contributed by atoms with E-state index in [1.54, 1.807) is 0 Å². The van der Waals surface area contributed by atoms with Crippen LogP contribution in [0.3, 0.4) is 0 Å². The Morgan fingerprint density at radius 3 is 3.00 bits per heavy atom. The van der Waals surface area contributed by atoms with E-state index in [0.29, 0.717) is 0 Å². The minimum Gasteiger partial charge on any atom is -0.398 e. The van der Waals surface area contributed by atoms with Gasteiger partial charge in [-0.1, -0.05) is 32.4 Å². The molecule has 0 saturated heterocycles. The molecule has 1 heterocycles. The summed E-state index contributed by atoms with van der Waals surface area (Å²) in [6.07, 6.45) is 2.41. The van der Waals surface area contributed by atoms with Gasteiger partial charge in [0.15, 0.2) is 0 Å². The summed E-state index contributed by atoms with van der Waals surface area (Å²) in [6, 6.07) is 6.30. The van der Waals surface area contributed by atoms with Crippen LogP contribution in [0.15, 0.2) is 18.2 Å². The summed E-state index contributed by atoms with van der Waals surface area (Å²) in [5, 5.41) is 0. The summed E-state index contributed by atoms with van der Waals surface area (Å²) < 4.78 is 0. The smallest absolute Gasteiger partial charge is 0.0362 e. The molecule has 2 N–H and O–H groups in total. The molecule has 2 heteroatoms. The summed E-state index contributed by atoms with van der Waals surface area (Å²) in [5.41, 5.74) is 9.81. The monoisotopic (exact) mass is 218 g/mol. The van der Waals surface area contributed by atoms with E-state index in [2.05, 4.69) is 30.9 Å². The molecule has 0 spiro atoms. The zero-order chi connectivity index (χ0) is 11.5. The van der Waals surface area contributed by atoms with Crippen molar-refractivity contribution in [3.8, 4) is 0 Å². The van der Waals surface area contributed by atoms with Gasteiger partial charge in [0.05, 0.1) is 0 Å². The quantitative estimate of drug-likeness (QED) is 0.790. The standard InChI is InChI=1S/C14H22N2/c1-3-11(2)9-16-8-7-12-5-4-6-14(15)13(12)10-16/h4-6,11H,3,7-10,15H2,1-2H3. The van der Waals surface area contributed by atoms with Crippen LogP contribution in [0.4, 0.5) is 5.69 Å². The van der Waals surface area contributed by atoms with Crippen molar-refractivity contribution in [3.05, 3.63) is 29.3 Å². The second-order valence-electron chi connectivity index (χ2n) is 4.98. The third-order valence-corrected chi connectivity index (χ3v) is 3.66. The van der Waals surface area contributed by atoms with E-state index < -0.39 is 0 Å². The lowest BCUT2D eigenvalue weighted by molar-refractivity contribution is 0.218. The number of rotatable bonds is 3. The van der Waals surface area contributed by atoms with E-state index in [-0.39, 0.29) is 0 Å². The van der Waals surface area contributed by atoms with Gasteiger partial charge in [0.25, 0.3) is 0 Å². The lowest BCUT2D eigenvalue weighted by atomic mass is 9.97. The van der Waals surface area contributed by atoms with Crippen LogP contribution in [0.5, 0.6) is 0 Å². The van der Waals surface area contributed by atoms with E-state index in [0.717, 1.165) is 24.6 Å². The second-order valence-corrected chi connectivity index (χ2v) is 4.98. The molecule has 0 bridgehead atoms. The molecule has 0 fully saturated rings. The summed E-state index contributed by atoms with van der Waals surface area (Å²) in [4.78, 5) is 2.53. The summed E-state index contributed by atoms with van der Waals surface area (Å²) >= 11 is 0. The van der Waals surface area contributed by atoms with Crippen molar-refractivity contribution in [2.75, 3.05) is 18.8 Å². The van der Waals surface area contributed by atoms with E-state index >= 15 is 0 Å². The Morgan fingerprint density at radius 2 is 2.25 bits per heavy atom. The molecule has 88 valence electrons. The Hall–Kier alpha value is -1.02. The molecule has 1 unspecified atom stereocenters. The molecule has 0 aromatic heterocycles. The predicted molar refractivity (Wildman–Crippen MR) is 69.3 cm³/mol. The highest BCUT2D eigenvalue weighted by atomic mass is 15.1. The maximum Gasteiger partial charge on any atom is 0.0362 e. The highest BCUT2D eigenvalue weighted by molar-refractivity contribution is 5.51. The van der Waals surface area contributed by atoms with Crippen molar-refractivity contribution in [2.45, 2.75) is 33.2 Å². The first-order chi connectivity index (χ1) is 7.70. The molecule has 1 atom stereocenters. The molecular formula is C14H22N2. The Kier molecular flexibility index (Phi) is 3.49. The molecule has 0 amide bonds. The van der Waals surface area contributed by atoms with Gasteiger partial charge in [-0.2, -0.15) is 0 Å². The maximum atomic E-state index is 6.04. The van der Waals surface area contributed by atoms with Crippen LogP contribution in [0, 0.1) is 5.92 Å². The topological polar surface area (TPSA) is 29.3 Å². The van der Waals surface area contributed by atoms with Gasteiger partial charge in [-0.05, 0) is 29.5 Å². The van der Waals surface area contributed by atoms with Crippen LogP contribution in [0.1, 0.15) is 31.4 Å². The second kappa shape index (κ2) is 4.88. The zero-order valence-electron chi connectivity index (χ0n) is 10.4. The minimum absolute atomic E-state index is 0.784. The van der Waals surface area contributed by atoms with Crippen LogP contribution in [-0.4, -0.2) is 18.0 Å². The lowest BCUT2D eigenvalue weighted by Crippen LogP contribution is -2.34. The Balaban J connectivity index is 2.08. The number of nitrogens with zero attached hydrogens (tertiary/aromatic N) is 1. The number of anilines is 1. The van der Waals surface area contributed by atoms with E-state index in [1.807, 2.05) is 6.07 Å². The van der Waals surface area contributed by atoms with Gasteiger partial charge < -0.3 is 5.73 Å². The van der Waals surface area contributed by atoms with Crippen LogP contribution < -0.4 is 5.73 Å². The van der Waals surface area contributed by atoms with Crippen LogP contribution >= 0.6 is 0 Å². The molecule has 0 aliphatic carbocycles. The number of benzene rings is 1. The van der Waals surface area contributed by atoms with Crippen molar-refractivity contribution < 1.29 is 0 Å². The highest BCUT2D eigenvalue weighted by Crippen LogP contribution is 2.24. The van der Waals surface area contributed by atoms with Gasteiger partial charge in [0.1, 0.15) is 0 Å². The van der Waals surface area contributed by atoms with Crippen molar-refractivity contribution in [3.63, 3.8) is 0 Å². The first-order valence-electron chi connectivity index (χ1n) is 6.29. The van der Waals surface area contributed by atoms with E-state index in [9.17, 15) is 0 Å². The van der Waals surface area contributed by atoms with Gasteiger partial charge in [-0.3, -0.25) is 4.90 Å². The SMILES string of the molecule is CCC(C)CN1CCc2cccc(N)c2C1. The minimum atomic E-state index is 0.784. The summed E-state index contributed by atoms with van der Waals surface area (Å²) in [7, 11) is 0. The lowest BCUT2D eigenvalue weighted by Gasteiger charge is -2.31. The van der Waals surface area contributed by atoms with Crippen LogP contribution in [0.2, 0.25) is 0 Å². The molecule has 1 aliphatic rings. The molecule has 0 radical (unpaired) electrons. The van der Waals surface area contributed by atoms with Gasteiger partial charge in [-0.25, -0.2) is 0 Å². The van der Waals surface area contributed by atoms with Gasteiger partial charge in [-0.15, -0.1) is 0 Å². The number of nitrogens with two attached hydrogens (primary N) is 1. The van der Waals surface area contributed by atoms with Gasteiger partial charge in [0, 0.05) is 25.3 Å².